The third-order valence-corrected chi connectivity index (χ3v) is 3.49. The summed E-state index contributed by atoms with van der Waals surface area (Å²) in [4.78, 5) is 0. The van der Waals surface area contributed by atoms with Crippen molar-refractivity contribution in [3.05, 3.63) is 46.5 Å². The largest absolute Gasteiger partial charge is 0.496 e. The number of benzene rings is 1. The van der Waals surface area contributed by atoms with Crippen LogP contribution in [0.4, 0.5) is 0 Å². The third kappa shape index (κ3) is 3.26. The molecule has 1 aliphatic carbocycles. The molecule has 0 fully saturated rings. The lowest BCUT2D eigenvalue weighted by atomic mass is 9.93. The highest BCUT2D eigenvalue weighted by atomic mass is 16.5. The molecule has 0 amide bonds. The Kier molecular flexibility index (Phi) is 4.41. The Balaban J connectivity index is 2.30. The minimum Gasteiger partial charge on any atom is -0.496 e. The van der Waals surface area contributed by atoms with Gasteiger partial charge in [0, 0.05) is 0 Å². The van der Waals surface area contributed by atoms with Gasteiger partial charge in [0.15, 0.2) is 0 Å². The molecule has 19 heavy (non-hydrogen) atoms. The summed E-state index contributed by atoms with van der Waals surface area (Å²) in [5.74, 6) is 0.882. The van der Waals surface area contributed by atoms with E-state index in [2.05, 4.69) is 18.2 Å². The lowest BCUT2D eigenvalue weighted by molar-refractivity contribution is 0.411. The van der Waals surface area contributed by atoms with E-state index in [9.17, 15) is 5.26 Å². The summed E-state index contributed by atoms with van der Waals surface area (Å²) in [6.07, 6.45) is 8.72. The fourth-order valence-corrected chi connectivity index (χ4v) is 2.44. The van der Waals surface area contributed by atoms with E-state index >= 15 is 0 Å². The standard InChI is InChI=1S/C17H19NO/c1-13-10-14(8-9-17(13)19-2)11-16(12-18)15-6-4-3-5-7-15/h6,8-11H,3-5,7H2,1-2H3/b16-11+. The molecule has 1 aliphatic rings. The summed E-state index contributed by atoms with van der Waals surface area (Å²) in [5.41, 5.74) is 4.14. The molecule has 0 bridgehead atoms. The first-order chi connectivity index (χ1) is 9.24. The maximum absolute atomic E-state index is 9.33. The van der Waals surface area contributed by atoms with E-state index in [1.165, 1.54) is 18.4 Å². The molecular weight excluding hydrogens is 234 g/mol. The first kappa shape index (κ1) is 13.4. The lowest BCUT2D eigenvalue weighted by Gasteiger charge is -2.12. The number of rotatable bonds is 3. The van der Waals surface area contributed by atoms with Gasteiger partial charge in [0.2, 0.25) is 0 Å². The highest BCUT2D eigenvalue weighted by Crippen LogP contribution is 2.26. The molecule has 0 N–H and O–H groups in total. The van der Waals surface area contributed by atoms with Crippen molar-refractivity contribution in [3.8, 4) is 11.8 Å². The smallest absolute Gasteiger partial charge is 0.121 e. The van der Waals surface area contributed by atoms with Crippen molar-refractivity contribution in [2.45, 2.75) is 32.6 Å². The van der Waals surface area contributed by atoms with Gasteiger partial charge in [-0.05, 0) is 67.5 Å². The van der Waals surface area contributed by atoms with Gasteiger partial charge >= 0.3 is 0 Å². The first-order valence-electron chi connectivity index (χ1n) is 6.70. The Hall–Kier alpha value is -2.01. The number of aryl methyl sites for hydroxylation is 1. The van der Waals surface area contributed by atoms with Crippen LogP contribution in [0.3, 0.4) is 0 Å². The Labute approximate surface area is 115 Å². The van der Waals surface area contributed by atoms with Crippen molar-refractivity contribution in [1.29, 1.82) is 5.26 Å². The van der Waals surface area contributed by atoms with Gasteiger partial charge in [-0.3, -0.25) is 0 Å². The second kappa shape index (κ2) is 6.24. The number of hydrogen-bond acceptors (Lipinski definition) is 2. The molecule has 0 saturated heterocycles. The van der Waals surface area contributed by atoms with Gasteiger partial charge in [0.1, 0.15) is 5.75 Å². The molecule has 2 nitrogen and oxygen atoms in total. The zero-order valence-corrected chi connectivity index (χ0v) is 11.6. The van der Waals surface area contributed by atoms with Crippen LogP contribution >= 0.6 is 0 Å². The van der Waals surface area contributed by atoms with E-state index < -0.39 is 0 Å². The summed E-state index contributed by atoms with van der Waals surface area (Å²) < 4.78 is 5.25. The van der Waals surface area contributed by atoms with E-state index in [-0.39, 0.29) is 0 Å². The van der Waals surface area contributed by atoms with E-state index in [4.69, 9.17) is 4.74 Å². The lowest BCUT2D eigenvalue weighted by Crippen LogP contribution is -1.94. The zero-order valence-electron chi connectivity index (χ0n) is 11.6. The molecule has 0 saturated carbocycles. The summed E-state index contributed by atoms with van der Waals surface area (Å²) >= 11 is 0. The minimum absolute atomic E-state index is 0.796. The molecule has 0 atom stereocenters. The first-order valence-corrected chi connectivity index (χ1v) is 6.70. The average molecular weight is 253 g/mol. The Bertz CT molecular complexity index is 561. The topological polar surface area (TPSA) is 33.0 Å². The van der Waals surface area contributed by atoms with Crippen molar-refractivity contribution in [1.82, 2.24) is 0 Å². The molecule has 2 rings (SSSR count). The van der Waals surface area contributed by atoms with Gasteiger partial charge < -0.3 is 4.74 Å². The molecule has 0 unspecified atom stereocenters. The zero-order chi connectivity index (χ0) is 13.7. The number of ether oxygens (including phenoxy) is 1. The van der Waals surface area contributed by atoms with E-state index in [1.54, 1.807) is 7.11 Å². The summed E-state index contributed by atoms with van der Waals surface area (Å²) in [6, 6.07) is 8.33. The normalized spacial score (nSPS) is 15.6. The van der Waals surface area contributed by atoms with E-state index in [0.29, 0.717) is 0 Å². The van der Waals surface area contributed by atoms with Crippen LogP contribution in [0.15, 0.2) is 35.4 Å². The molecule has 0 radical (unpaired) electrons. The van der Waals surface area contributed by atoms with Crippen LogP contribution in [0.2, 0.25) is 0 Å². The van der Waals surface area contributed by atoms with Gasteiger partial charge in [-0.1, -0.05) is 12.1 Å². The molecule has 0 spiro atoms. The highest BCUT2D eigenvalue weighted by molar-refractivity contribution is 5.65. The van der Waals surface area contributed by atoms with Crippen molar-refractivity contribution < 1.29 is 4.74 Å². The van der Waals surface area contributed by atoms with Crippen LogP contribution in [-0.2, 0) is 0 Å². The number of methoxy groups -OCH3 is 1. The molecule has 0 aromatic heterocycles. The second-order valence-corrected chi connectivity index (χ2v) is 4.87. The highest BCUT2D eigenvalue weighted by Gasteiger charge is 2.09. The molecular formula is C17H19NO. The number of nitriles is 1. The van der Waals surface area contributed by atoms with Gasteiger partial charge in [-0.15, -0.1) is 0 Å². The summed E-state index contributed by atoms with van der Waals surface area (Å²) in [7, 11) is 1.67. The van der Waals surface area contributed by atoms with Crippen LogP contribution in [0.1, 0.15) is 36.8 Å². The van der Waals surface area contributed by atoms with Crippen LogP contribution in [0.5, 0.6) is 5.75 Å². The summed E-state index contributed by atoms with van der Waals surface area (Å²) in [6.45, 7) is 2.02. The Morgan fingerprint density at radius 1 is 1.37 bits per heavy atom. The van der Waals surface area contributed by atoms with Gasteiger partial charge in [-0.2, -0.15) is 5.26 Å². The average Bonchev–Trinajstić information content (AvgIpc) is 2.46. The predicted octanol–water partition coefficient (Wildman–Crippen LogP) is 4.41. The number of nitrogens with zero attached hydrogens (tertiary/aromatic N) is 1. The SMILES string of the molecule is COc1ccc(/C=C(\C#N)C2=CCCCC2)cc1C. The minimum atomic E-state index is 0.796. The molecule has 1 aromatic rings. The Morgan fingerprint density at radius 2 is 2.21 bits per heavy atom. The van der Waals surface area contributed by atoms with Crippen LogP contribution in [0.25, 0.3) is 6.08 Å². The number of hydrogen-bond donors (Lipinski definition) is 0. The van der Waals surface area contributed by atoms with Crippen molar-refractivity contribution >= 4 is 6.08 Å². The van der Waals surface area contributed by atoms with Gasteiger partial charge in [0.05, 0.1) is 18.8 Å². The van der Waals surface area contributed by atoms with Crippen molar-refractivity contribution in [3.63, 3.8) is 0 Å². The molecule has 0 aliphatic heterocycles. The monoisotopic (exact) mass is 253 g/mol. The van der Waals surface area contributed by atoms with E-state index in [0.717, 1.165) is 35.3 Å². The van der Waals surface area contributed by atoms with Gasteiger partial charge in [-0.25, -0.2) is 0 Å². The third-order valence-electron chi connectivity index (χ3n) is 3.49. The van der Waals surface area contributed by atoms with Crippen molar-refractivity contribution in [2.24, 2.45) is 0 Å². The fraction of sp³-hybridized carbons (Fsp3) is 0.353. The van der Waals surface area contributed by atoms with E-state index in [1.807, 2.05) is 25.1 Å². The molecule has 2 heteroatoms. The quantitative estimate of drug-likeness (QED) is 0.747. The fourth-order valence-electron chi connectivity index (χ4n) is 2.44. The Morgan fingerprint density at radius 3 is 2.79 bits per heavy atom. The summed E-state index contributed by atoms with van der Waals surface area (Å²) in [5, 5.41) is 9.33. The van der Waals surface area contributed by atoms with Crippen LogP contribution < -0.4 is 4.74 Å². The second-order valence-electron chi connectivity index (χ2n) is 4.87. The molecule has 0 heterocycles. The van der Waals surface area contributed by atoms with Gasteiger partial charge in [0.25, 0.3) is 0 Å². The maximum Gasteiger partial charge on any atom is 0.121 e. The maximum atomic E-state index is 9.33. The van der Waals surface area contributed by atoms with Crippen LogP contribution in [0, 0.1) is 18.3 Å². The number of allylic oxidation sites excluding steroid dienone is 3. The molecule has 1 aromatic carbocycles. The predicted molar refractivity (Wildman–Crippen MR) is 77.9 cm³/mol. The molecule has 98 valence electrons. The van der Waals surface area contributed by atoms with Crippen LogP contribution in [-0.4, -0.2) is 7.11 Å². The van der Waals surface area contributed by atoms with Crippen molar-refractivity contribution in [2.75, 3.05) is 7.11 Å².